The van der Waals surface area contributed by atoms with Crippen LogP contribution in [0.3, 0.4) is 0 Å². The van der Waals surface area contributed by atoms with E-state index in [9.17, 15) is 0 Å². The summed E-state index contributed by atoms with van der Waals surface area (Å²) in [5.41, 5.74) is 11.9. The van der Waals surface area contributed by atoms with Gasteiger partial charge in [-0.05, 0) is 91.5 Å². The molecular weight excluding hydrogens is 777 g/mol. The molecule has 0 bridgehead atoms. The number of hydrogen-bond donors (Lipinski definition) is 0. The fraction of sp³-hybridized carbons (Fsp3) is 0. The van der Waals surface area contributed by atoms with Crippen LogP contribution in [0.1, 0.15) is 0 Å². The number of rotatable bonds is 8. The maximum Gasteiger partial charge on any atom is 0.179 e. The molecule has 296 valence electrons. The van der Waals surface area contributed by atoms with E-state index >= 15 is 0 Å². The first kappa shape index (κ1) is 36.8. The normalized spacial score (nSPS) is 11.8. The molecule has 0 radical (unpaired) electrons. The minimum atomic E-state index is -2.73. The molecule has 63 heavy (non-hydrogen) atoms. The van der Waals surface area contributed by atoms with Crippen LogP contribution in [0, 0.1) is 0 Å². The van der Waals surface area contributed by atoms with E-state index in [2.05, 4.69) is 264 Å². The lowest BCUT2D eigenvalue weighted by Crippen LogP contribution is -2.74. The molecule has 0 spiro atoms. The number of hydrogen-bond acceptors (Lipinski definition) is 0. The van der Waals surface area contributed by atoms with Crippen molar-refractivity contribution in [2.75, 3.05) is 0 Å². The first-order valence-electron chi connectivity index (χ1n) is 21.8. The minimum Gasteiger partial charge on any atom is -0.309 e. The second-order valence-corrected chi connectivity index (χ2v) is 20.3. The van der Waals surface area contributed by atoms with Gasteiger partial charge < -0.3 is 9.13 Å². The van der Waals surface area contributed by atoms with Gasteiger partial charge in [0.2, 0.25) is 0 Å². The Kier molecular flexibility index (Phi) is 8.87. The highest BCUT2D eigenvalue weighted by molar-refractivity contribution is 7.20. The van der Waals surface area contributed by atoms with Gasteiger partial charge in [0.15, 0.2) is 8.07 Å². The van der Waals surface area contributed by atoms with Gasteiger partial charge in [0, 0.05) is 32.9 Å². The largest absolute Gasteiger partial charge is 0.309 e. The molecule has 0 aliphatic heterocycles. The van der Waals surface area contributed by atoms with Crippen LogP contribution in [0.4, 0.5) is 0 Å². The Morgan fingerprint density at radius 3 is 1.14 bits per heavy atom. The zero-order valence-electron chi connectivity index (χ0n) is 34.6. The molecular formula is C60H42N2Si. The average molecular weight is 819 g/mol. The van der Waals surface area contributed by atoms with Crippen LogP contribution in [-0.4, -0.2) is 17.2 Å². The summed E-state index contributed by atoms with van der Waals surface area (Å²) in [6.07, 6.45) is 0. The third-order valence-corrected chi connectivity index (χ3v) is 17.8. The standard InChI is InChI=1S/C60H42N2Si/c1-6-20-43(21-7-1)51-37-34-45(40-54(51)44-22-8-2-9-23-44)61-57-32-18-16-30-52(57)55-41-46(35-38-59(55)61)62-58-33-19-17-31-53(58)56-42-50(36-39-60(56)62)63(47-24-10-3-11-25-47,48-26-12-4-13-27-48)49-28-14-5-15-29-49/h1-42H. The summed E-state index contributed by atoms with van der Waals surface area (Å²) >= 11 is 0. The van der Waals surface area contributed by atoms with Crippen molar-refractivity contribution in [2.45, 2.75) is 0 Å². The van der Waals surface area contributed by atoms with Crippen LogP contribution in [0.25, 0.3) is 77.2 Å². The number of fused-ring (bicyclic) bond motifs is 6. The lowest BCUT2D eigenvalue weighted by atomic mass is 9.94. The van der Waals surface area contributed by atoms with Crippen LogP contribution < -0.4 is 20.7 Å². The highest BCUT2D eigenvalue weighted by atomic mass is 28.3. The van der Waals surface area contributed by atoms with Gasteiger partial charge in [-0.15, -0.1) is 0 Å². The van der Waals surface area contributed by atoms with E-state index in [1.165, 1.54) is 86.6 Å². The molecule has 0 unspecified atom stereocenters. The summed E-state index contributed by atoms with van der Waals surface area (Å²) in [5, 5.41) is 10.5. The summed E-state index contributed by atoms with van der Waals surface area (Å²) in [6.45, 7) is 0. The SMILES string of the molecule is c1ccc(-c2ccc(-n3c4ccccc4c4cc(-n5c6ccccc6c6cc([Si](c7ccccc7)(c7ccccc7)c7ccccc7)ccc65)ccc43)cc2-c2ccccc2)cc1. The number of benzene rings is 10. The molecule has 2 heterocycles. The molecule has 10 aromatic carbocycles. The summed E-state index contributed by atoms with van der Waals surface area (Å²) in [5.74, 6) is 0. The van der Waals surface area contributed by atoms with Crippen molar-refractivity contribution < 1.29 is 0 Å². The van der Waals surface area contributed by atoms with Gasteiger partial charge in [-0.3, -0.25) is 0 Å². The molecule has 12 aromatic rings. The smallest absolute Gasteiger partial charge is 0.179 e. The number of aromatic nitrogens is 2. The van der Waals surface area contributed by atoms with Gasteiger partial charge in [-0.2, -0.15) is 0 Å². The summed E-state index contributed by atoms with van der Waals surface area (Å²) in [4.78, 5) is 0. The van der Waals surface area contributed by atoms with E-state index in [1.54, 1.807) is 0 Å². The van der Waals surface area contributed by atoms with E-state index in [0.29, 0.717) is 0 Å². The molecule has 0 amide bonds. The fourth-order valence-electron chi connectivity index (χ4n) is 10.3. The Morgan fingerprint density at radius 2 is 0.619 bits per heavy atom. The van der Waals surface area contributed by atoms with Gasteiger partial charge >= 0.3 is 0 Å². The van der Waals surface area contributed by atoms with E-state index in [-0.39, 0.29) is 0 Å². The number of para-hydroxylation sites is 2. The van der Waals surface area contributed by atoms with Crippen LogP contribution in [0.2, 0.25) is 0 Å². The van der Waals surface area contributed by atoms with Crippen molar-refractivity contribution in [3.8, 4) is 33.6 Å². The molecule has 12 rings (SSSR count). The maximum absolute atomic E-state index is 2.73. The van der Waals surface area contributed by atoms with Crippen LogP contribution in [0.5, 0.6) is 0 Å². The molecule has 2 nitrogen and oxygen atoms in total. The van der Waals surface area contributed by atoms with Crippen LogP contribution in [0.15, 0.2) is 255 Å². The van der Waals surface area contributed by atoms with Crippen molar-refractivity contribution in [3.05, 3.63) is 255 Å². The molecule has 0 saturated carbocycles. The molecule has 0 atom stereocenters. The van der Waals surface area contributed by atoms with Crippen LogP contribution >= 0.6 is 0 Å². The Balaban J connectivity index is 1.07. The predicted molar refractivity (Wildman–Crippen MR) is 270 cm³/mol. The quantitative estimate of drug-likeness (QED) is 0.107. The van der Waals surface area contributed by atoms with Gasteiger partial charge in [-0.1, -0.05) is 206 Å². The summed E-state index contributed by atoms with van der Waals surface area (Å²) < 4.78 is 4.91. The van der Waals surface area contributed by atoms with E-state index in [4.69, 9.17) is 0 Å². The Bertz CT molecular complexity index is 3500. The van der Waals surface area contributed by atoms with Crippen molar-refractivity contribution in [1.82, 2.24) is 9.13 Å². The van der Waals surface area contributed by atoms with Crippen molar-refractivity contribution in [2.24, 2.45) is 0 Å². The van der Waals surface area contributed by atoms with Gasteiger partial charge in [0.25, 0.3) is 0 Å². The summed E-state index contributed by atoms with van der Waals surface area (Å²) in [7, 11) is -2.73. The highest BCUT2D eigenvalue weighted by Gasteiger charge is 2.41. The van der Waals surface area contributed by atoms with E-state index in [0.717, 1.165) is 11.4 Å². The Hall–Kier alpha value is -7.98. The predicted octanol–water partition coefficient (Wildman–Crippen LogP) is 12.6. The molecule has 0 aliphatic carbocycles. The zero-order chi connectivity index (χ0) is 41.7. The monoisotopic (exact) mass is 818 g/mol. The summed E-state index contributed by atoms with van der Waals surface area (Å²) in [6, 6.07) is 94.2. The van der Waals surface area contributed by atoms with E-state index < -0.39 is 8.07 Å². The van der Waals surface area contributed by atoms with Crippen molar-refractivity contribution >= 4 is 72.4 Å². The molecule has 0 fully saturated rings. The third-order valence-electron chi connectivity index (χ3n) is 13.1. The van der Waals surface area contributed by atoms with Crippen molar-refractivity contribution in [3.63, 3.8) is 0 Å². The maximum atomic E-state index is 2.52. The molecule has 0 saturated heterocycles. The van der Waals surface area contributed by atoms with Gasteiger partial charge in [0.05, 0.1) is 22.1 Å². The molecule has 3 heteroatoms. The molecule has 0 aliphatic rings. The van der Waals surface area contributed by atoms with Gasteiger partial charge in [-0.25, -0.2) is 0 Å². The van der Waals surface area contributed by atoms with Crippen LogP contribution in [-0.2, 0) is 0 Å². The minimum absolute atomic E-state index is 1.14. The molecule has 2 aromatic heterocycles. The van der Waals surface area contributed by atoms with Gasteiger partial charge in [0.1, 0.15) is 0 Å². The Labute approximate surface area is 368 Å². The topological polar surface area (TPSA) is 9.86 Å². The second-order valence-electron chi connectivity index (χ2n) is 16.4. The fourth-order valence-corrected chi connectivity index (χ4v) is 15.1. The van der Waals surface area contributed by atoms with Crippen molar-refractivity contribution in [1.29, 1.82) is 0 Å². The first-order valence-corrected chi connectivity index (χ1v) is 23.8. The van der Waals surface area contributed by atoms with E-state index in [1.807, 2.05) is 0 Å². The average Bonchev–Trinajstić information content (AvgIpc) is 3.88. The number of nitrogens with zero attached hydrogens (tertiary/aromatic N) is 2. The third kappa shape index (κ3) is 5.93. The lowest BCUT2D eigenvalue weighted by molar-refractivity contribution is 1.17. The lowest BCUT2D eigenvalue weighted by Gasteiger charge is -2.34. The Morgan fingerprint density at radius 1 is 0.238 bits per heavy atom. The second kappa shape index (κ2) is 15.2. The highest BCUT2D eigenvalue weighted by Crippen LogP contribution is 2.39. The first-order chi connectivity index (χ1) is 31.3. The molecule has 0 N–H and O–H groups in total. The zero-order valence-corrected chi connectivity index (χ0v) is 35.6.